The maximum atomic E-state index is 13.6. The molecule has 1 aromatic carbocycles. The predicted molar refractivity (Wildman–Crippen MR) is 74.1 cm³/mol. The predicted octanol–water partition coefficient (Wildman–Crippen LogP) is 0.632. The van der Waals surface area contributed by atoms with Crippen molar-refractivity contribution >= 4 is 5.91 Å². The molecular formula is C14H15F2N5O. The van der Waals surface area contributed by atoms with Gasteiger partial charge in [-0.15, -0.1) is 10.2 Å². The second-order valence-electron chi connectivity index (χ2n) is 4.96. The monoisotopic (exact) mass is 307 g/mol. The molecule has 0 radical (unpaired) electrons. The van der Waals surface area contributed by atoms with Gasteiger partial charge in [0.2, 0.25) is 0 Å². The Bertz CT molecular complexity index is 680. The first-order valence-corrected chi connectivity index (χ1v) is 7.00. The maximum Gasteiger partial charge on any atom is 0.257 e. The first-order valence-electron chi connectivity index (χ1n) is 7.00. The van der Waals surface area contributed by atoms with Crippen LogP contribution in [0.3, 0.4) is 0 Å². The van der Waals surface area contributed by atoms with Gasteiger partial charge in [-0.25, -0.2) is 8.78 Å². The van der Waals surface area contributed by atoms with Crippen LogP contribution in [0.25, 0.3) is 0 Å². The smallest absolute Gasteiger partial charge is 0.257 e. The highest BCUT2D eigenvalue weighted by atomic mass is 19.1. The Morgan fingerprint density at radius 3 is 2.82 bits per heavy atom. The minimum absolute atomic E-state index is 0.0691. The number of hydrogen-bond acceptors (Lipinski definition) is 4. The van der Waals surface area contributed by atoms with E-state index >= 15 is 0 Å². The second-order valence-corrected chi connectivity index (χ2v) is 4.96. The summed E-state index contributed by atoms with van der Waals surface area (Å²) in [6, 6.07) is 3.31. The number of amides is 1. The van der Waals surface area contributed by atoms with Crippen molar-refractivity contribution in [2.45, 2.75) is 19.5 Å². The summed E-state index contributed by atoms with van der Waals surface area (Å²) < 4.78 is 29.0. The summed E-state index contributed by atoms with van der Waals surface area (Å²) in [7, 11) is 0. The van der Waals surface area contributed by atoms with Gasteiger partial charge in [-0.3, -0.25) is 4.79 Å². The number of hydrogen-bond donors (Lipinski definition) is 2. The third-order valence-corrected chi connectivity index (χ3v) is 3.54. The van der Waals surface area contributed by atoms with E-state index in [0.717, 1.165) is 37.5 Å². The van der Waals surface area contributed by atoms with E-state index in [4.69, 9.17) is 0 Å². The molecule has 1 aromatic heterocycles. The molecular weight excluding hydrogens is 292 g/mol. The summed E-state index contributed by atoms with van der Waals surface area (Å²) in [5.74, 6) is -1.17. The van der Waals surface area contributed by atoms with Gasteiger partial charge >= 0.3 is 0 Å². The number of aromatic nitrogens is 3. The zero-order valence-electron chi connectivity index (χ0n) is 11.8. The average Bonchev–Trinajstić information content (AvgIpc) is 2.72. The van der Waals surface area contributed by atoms with E-state index in [9.17, 15) is 13.6 Å². The molecule has 1 aliphatic heterocycles. The zero-order chi connectivity index (χ0) is 15.5. The summed E-state index contributed by atoms with van der Waals surface area (Å²) in [6.07, 6.45) is 0.753. The van der Waals surface area contributed by atoms with Crippen molar-refractivity contribution in [2.75, 3.05) is 13.1 Å². The fourth-order valence-electron chi connectivity index (χ4n) is 2.42. The lowest BCUT2D eigenvalue weighted by Crippen LogP contribution is -2.27. The van der Waals surface area contributed by atoms with E-state index < -0.39 is 23.1 Å². The maximum absolute atomic E-state index is 13.6. The van der Waals surface area contributed by atoms with E-state index in [1.165, 1.54) is 6.07 Å². The Morgan fingerprint density at radius 1 is 1.27 bits per heavy atom. The minimum Gasteiger partial charge on any atom is -0.345 e. The third kappa shape index (κ3) is 2.82. The van der Waals surface area contributed by atoms with Gasteiger partial charge in [0, 0.05) is 26.1 Å². The van der Waals surface area contributed by atoms with Crippen LogP contribution < -0.4 is 10.6 Å². The molecule has 0 fully saturated rings. The number of fused-ring (bicyclic) bond motifs is 1. The Kier molecular flexibility index (Phi) is 4.10. The van der Waals surface area contributed by atoms with Gasteiger partial charge < -0.3 is 15.2 Å². The van der Waals surface area contributed by atoms with Crippen molar-refractivity contribution in [1.82, 2.24) is 25.4 Å². The van der Waals surface area contributed by atoms with Crippen molar-refractivity contribution in [1.29, 1.82) is 0 Å². The lowest BCUT2D eigenvalue weighted by molar-refractivity contribution is 0.0941. The van der Waals surface area contributed by atoms with E-state index in [1.807, 2.05) is 4.57 Å². The molecule has 0 atom stereocenters. The molecule has 0 unspecified atom stereocenters. The van der Waals surface area contributed by atoms with Crippen LogP contribution in [-0.4, -0.2) is 33.8 Å². The summed E-state index contributed by atoms with van der Waals surface area (Å²) in [5, 5.41) is 13.8. The molecule has 116 valence electrons. The van der Waals surface area contributed by atoms with E-state index in [-0.39, 0.29) is 6.54 Å². The van der Waals surface area contributed by atoms with Crippen LogP contribution >= 0.6 is 0 Å². The number of nitrogens with one attached hydrogen (secondary N) is 2. The molecule has 2 aromatic rings. The van der Waals surface area contributed by atoms with Crippen molar-refractivity contribution < 1.29 is 13.6 Å². The molecule has 2 N–H and O–H groups in total. The standard InChI is InChI=1S/C14H15F2N5O/c15-9-2-1-3-10(16)13(9)14(22)18-8-12-20-19-11-4-5-17-6-7-21(11)12/h1-3,17H,4-8H2,(H,18,22). The highest BCUT2D eigenvalue weighted by molar-refractivity contribution is 5.94. The number of benzene rings is 1. The lowest BCUT2D eigenvalue weighted by Gasteiger charge is -2.09. The molecule has 0 bridgehead atoms. The Balaban J connectivity index is 1.73. The van der Waals surface area contributed by atoms with Crippen molar-refractivity contribution in [3.05, 3.63) is 47.0 Å². The van der Waals surface area contributed by atoms with Crippen molar-refractivity contribution in [2.24, 2.45) is 0 Å². The summed E-state index contributed by atoms with van der Waals surface area (Å²) in [6.45, 7) is 2.38. The SMILES string of the molecule is O=C(NCc1nnc2n1CCNCC2)c1c(F)cccc1F. The highest BCUT2D eigenvalue weighted by Gasteiger charge is 2.19. The number of halogens is 2. The third-order valence-electron chi connectivity index (χ3n) is 3.54. The first kappa shape index (κ1) is 14.6. The number of nitrogens with zero attached hydrogens (tertiary/aromatic N) is 3. The van der Waals surface area contributed by atoms with E-state index in [0.29, 0.717) is 12.4 Å². The molecule has 3 rings (SSSR count). The van der Waals surface area contributed by atoms with E-state index in [2.05, 4.69) is 20.8 Å². The molecule has 1 aliphatic rings. The first-order chi connectivity index (χ1) is 10.7. The van der Waals surface area contributed by atoms with Crippen LogP contribution in [0.5, 0.6) is 0 Å². The van der Waals surface area contributed by atoms with Gasteiger partial charge in [0.05, 0.1) is 6.54 Å². The summed E-state index contributed by atoms with van der Waals surface area (Å²) in [5.41, 5.74) is -0.584. The number of carbonyl (C=O) groups excluding carboxylic acids is 1. The van der Waals surface area contributed by atoms with Crippen LogP contribution in [0.15, 0.2) is 18.2 Å². The number of carbonyl (C=O) groups is 1. The Hall–Kier alpha value is -2.35. The van der Waals surface area contributed by atoms with Crippen LogP contribution in [0.2, 0.25) is 0 Å². The molecule has 0 saturated carbocycles. The van der Waals surface area contributed by atoms with E-state index in [1.54, 1.807) is 0 Å². The van der Waals surface area contributed by atoms with Crippen molar-refractivity contribution in [3.63, 3.8) is 0 Å². The fraction of sp³-hybridized carbons (Fsp3) is 0.357. The molecule has 6 nitrogen and oxygen atoms in total. The summed E-state index contributed by atoms with van der Waals surface area (Å²) in [4.78, 5) is 12.0. The molecule has 1 amide bonds. The van der Waals surface area contributed by atoms with Gasteiger partial charge in [-0.05, 0) is 12.1 Å². The van der Waals surface area contributed by atoms with Gasteiger partial charge in [0.15, 0.2) is 5.82 Å². The minimum atomic E-state index is -0.887. The molecule has 0 spiro atoms. The van der Waals surface area contributed by atoms with Crippen molar-refractivity contribution in [3.8, 4) is 0 Å². The van der Waals surface area contributed by atoms with Crippen LogP contribution in [0.4, 0.5) is 8.78 Å². The quantitative estimate of drug-likeness (QED) is 0.872. The lowest BCUT2D eigenvalue weighted by atomic mass is 10.2. The van der Waals surface area contributed by atoms with Gasteiger partial charge in [-0.2, -0.15) is 0 Å². The Labute approximate surface area is 125 Å². The zero-order valence-corrected chi connectivity index (χ0v) is 11.8. The van der Waals surface area contributed by atoms with Crippen LogP contribution in [0, 0.1) is 11.6 Å². The molecule has 0 saturated heterocycles. The summed E-state index contributed by atoms with van der Waals surface area (Å²) >= 11 is 0. The molecule has 8 heteroatoms. The fourth-order valence-corrected chi connectivity index (χ4v) is 2.42. The van der Waals surface area contributed by atoms with Gasteiger partial charge in [0.25, 0.3) is 5.91 Å². The normalized spacial score (nSPS) is 14.3. The largest absolute Gasteiger partial charge is 0.345 e. The van der Waals surface area contributed by atoms with Crippen LogP contribution in [0.1, 0.15) is 22.0 Å². The van der Waals surface area contributed by atoms with Gasteiger partial charge in [0.1, 0.15) is 23.0 Å². The van der Waals surface area contributed by atoms with Gasteiger partial charge in [-0.1, -0.05) is 6.07 Å². The molecule has 0 aliphatic carbocycles. The van der Waals surface area contributed by atoms with Crippen LogP contribution in [-0.2, 0) is 19.5 Å². The highest BCUT2D eigenvalue weighted by Crippen LogP contribution is 2.12. The topological polar surface area (TPSA) is 71.8 Å². The molecule has 2 heterocycles. The second kappa shape index (κ2) is 6.18. The molecule has 22 heavy (non-hydrogen) atoms. The Morgan fingerprint density at radius 2 is 2.05 bits per heavy atom. The number of rotatable bonds is 3. The average molecular weight is 307 g/mol.